The van der Waals surface area contributed by atoms with Crippen LogP contribution in [-0.4, -0.2) is 65.0 Å². The molecule has 2 aromatic carbocycles. The van der Waals surface area contributed by atoms with E-state index in [1.165, 1.54) is 0 Å². The highest BCUT2D eigenvalue weighted by atomic mass is 16.5. The van der Waals surface area contributed by atoms with Crippen LogP contribution in [0.15, 0.2) is 51.7 Å². The maximum absolute atomic E-state index is 12.5. The Morgan fingerprint density at radius 3 is 2.50 bits per heavy atom. The minimum absolute atomic E-state index is 0.123. The van der Waals surface area contributed by atoms with Crippen LogP contribution in [-0.2, 0) is 4.74 Å². The number of aromatic carboxylic acids is 1. The molecule has 3 heterocycles. The standard InChI is InChI=1S/C25H24N6O7/c1-2-37-20-19(23(32)33)29-21(30-22(20)31-9-11-36-12-10-31)14-3-5-15(6-4-14)26-24(34)27-16-7-8-18-17(13-16)28-25(35)38-18/h3-8,13H,2,9-12H2,1H3,(H,28,35)(H,32,33)(H2,26,27,34). The van der Waals surface area contributed by atoms with Gasteiger partial charge in [0, 0.05) is 30.0 Å². The molecule has 0 spiro atoms. The van der Waals surface area contributed by atoms with Crippen molar-refractivity contribution in [2.24, 2.45) is 0 Å². The molecular weight excluding hydrogens is 496 g/mol. The molecule has 0 aliphatic carbocycles. The van der Waals surface area contributed by atoms with Crippen molar-refractivity contribution in [3.05, 3.63) is 58.7 Å². The van der Waals surface area contributed by atoms with Gasteiger partial charge in [0.25, 0.3) is 0 Å². The molecule has 13 heteroatoms. The van der Waals surface area contributed by atoms with Gasteiger partial charge in [-0.1, -0.05) is 0 Å². The van der Waals surface area contributed by atoms with Gasteiger partial charge in [0.05, 0.1) is 25.3 Å². The summed E-state index contributed by atoms with van der Waals surface area (Å²) in [5.74, 6) is -1.07. The van der Waals surface area contributed by atoms with Crippen molar-refractivity contribution in [3.8, 4) is 17.1 Å². The fraction of sp³-hybridized carbons (Fsp3) is 0.240. The summed E-state index contributed by atoms with van der Waals surface area (Å²) in [7, 11) is 0. The summed E-state index contributed by atoms with van der Waals surface area (Å²) < 4.78 is 16.0. The van der Waals surface area contributed by atoms with Crippen LogP contribution in [0, 0.1) is 0 Å². The Morgan fingerprint density at radius 1 is 1.08 bits per heavy atom. The van der Waals surface area contributed by atoms with Gasteiger partial charge in [-0.15, -0.1) is 0 Å². The molecule has 1 saturated heterocycles. The normalized spacial score (nSPS) is 13.3. The van der Waals surface area contributed by atoms with Crippen LogP contribution in [0.25, 0.3) is 22.5 Å². The molecule has 4 N–H and O–H groups in total. The van der Waals surface area contributed by atoms with Crippen molar-refractivity contribution < 1.29 is 28.6 Å². The molecule has 1 fully saturated rings. The summed E-state index contributed by atoms with van der Waals surface area (Å²) in [6, 6.07) is 10.9. The van der Waals surface area contributed by atoms with Crippen molar-refractivity contribution in [1.29, 1.82) is 0 Å². The number of urea groups is 1. The molecule has 0 bridgehead atoms. The maximum Gasteiger partial charge on any atom is 0.417 e. The smallest absolute Gasteiger partial charge is 0.417 e. The molecule has 0 atom stereocenters. The van der Waals surface area contributed by atoms with E-state index in [0.717, 1.165) is 0 Å². The zero-order valence-corrected chi connectivity index (χ0v) is 20.3. The van der Waals surface area contributed by atoms with Gasteiger partial charge in [0.1, 0.15) is 0 Å². The van der Waals surface area contributed by atoms with Crippen LogP contribution in [0.5, 0.6) is 5.75 Å². The monoisotopic (exact) mass is 520 g/mol. The zero-order valence-electron chi connectivity index (χ0n) is 20.3. The number of hydrogen-bond donors (Lipinski definition) is 4. The number of morpholine rings is 1. The first-order valence-corrected chi connectivity index (χ1v) is 11.8. The number of carboxylic acid groups (broad SMARTS) is 1. The van der Waals surface area contributed by atoms with Crippen molar-refractivity contribution in [2.75, 3.05) is 48.4 Å². The van der Waals surface area contributed by atoms with Crippen LogP contribution >= 0.6 is 0 Å². The lowest BCUT2D eigenvalue weighted by atomic mass is 10.2. The number of rotatable bonds is 7. The largest absolute Gasteiger partial charge is 0.488 e. The third kappa shape index (κ3) is 5.27. The number of aromatic amines is 1. The molecule has 5 rings (SSSR count). The second-order valence-electron chi connectivity index (χ2n) is 8.27. The Balaban J connectivity index is 1.36. The van der Waals surface area contributed by atoms with Crippen molar-refractivity contribution >= 4 is 40.3 Å². The van der Waals surface area contributed by atoms with Gasteiger partial charge in [-0.05, 0) is 49.4 Å². The maximum atomic E-state index is 12.5. The molecular formula is C25H24N6O7. The van der Waals surface area contributed by atoms with E-state index in [0.29, 0.717) is 60.2 Å². The molecule has 4 aromatic rings. The van der Waals surface area contributed by atoms with Gasteiger partial charge in [0.2, 0.25) is 0 Å². The molecule has 1 aliphatic rings. The number of benzene rings is 2. The number of carbonyl (C=O) groups excluding carboxylic acids is 1. The minimum atomic E-state index is -1.22. The number of hydrogen-bond acceptors (Lipinski definition) is 9. The Bertz CT molecular complexity index is 1540. The minimum Gasteiger partial charge on any atom is -0.488 e. The quantitative estimate of drug-likeness (QED) is 0.284. The predicted molar refractivity (Wildman–Crippen MR) is 138 cm³/mol. The van der Waals surface area contributed by atoms with Gasteiger partial charge in [-0.3, -0.25) is 4.98 Å². The number of carboxylic acids is 1. The number of nitrogens with zero attached hydrogens (tertiary/aromatic N) is 3. The van der Waals surface area contributed by atoms with Crippen LogP contribution in [0.3, 0.4) is 0 Å². The Morgan fingerprint density at radius 2 is 1.79 bits per heavy atom. The van der Waals surface area contributed by atoms with Crippen LogP contribution in [0.4, 0.5) is 22.0 Å². The summed E-state index contributed by atoms with van der Waals surface area (Å²) in [6.45, 7) is 4.08. The van der Waals surface area contributed by atoms with Crippen LogP contribution in [0.2, 0.25) is 0 Å². The molecule has 0 saturated carbocycles. The van der Waals surface area contributed by atoms with Gasteiger partial charge in [0.15, 0.2) is 28.7 Å². The molecule has 1 aliphatic heterocycles. The third-order valence-electron chi connectivity index (χ3n) is 5.73. The zero-order chi connectivity index (χ0) is 26.6. The number of fused-ring (bicyclic) bond motifs is 1. The molecule has 0 unspecified atom stereocenters. The molecule has 13 nitrogen and oxygen atoms in total. The molecule has 2 aromatic heterocycles. The van der Waals surface area contributed by atoms with Crippen molar-refractivity contribution in [3.63, 3.8) is 0 Å². The molecule has 38 heavy (non-hydrogen) atoms. The number of carbonyl (C=O) groups is 2. The fourth-order valence-electron chi connectivity index (χ4n) is 4.01. The average Bonchev–Trinajstić information content (AvgIpc) is 3.29. The summed E-state index contributed by atoms with van der Waals surface area (Å²) >= 11 is 0. The molecule has 196 valence electrons. The highest BCUT2D eigenvalue weighted by Gasteiger charge is 2.26. The Hall–Kier alpha value is -4.91. The van der Waals surface area contributed by atoms with E-state index in [1.807, 2.05) is 4.90 Å². The first-order valence-electron chi connectivity index (χ1n) is 11.8. The molecule has 2 amide bonds. The predicted octanol–water partition coefficient (Wildman–Crippen LogP) is 3.16. The van der Waals surface area contributed by atoms with Crippen molar-refractivity contribution in [1.82, 2.24) is 15.0 Å². The SMILES string of the molecule is CCOc1c(C(=O)O)nc(-c2ccc(NC(=O)Nc3ccc4oc(=O)[nH]c4c3)cc2)nc1N1CCOCC1. The van der Waals surface area contributed by atoms with Gasteiger partial charge >= 0.3 is 17.8 Å². The number of anilines is 3. The third-order valence-corrected chi connectivity index (χ3v) is 5.73. The summed E-state index contributed by atoms with van der Waals surface area (Å²) in [4.78, 5) is 49.2. The van der Waals surface area contributed by atoms with Crippen molar-refractivity contribution in [2.45, 2.75) is 6.92 Å². The average molecular weight is 521 g/mol. The van der Waals surface area contributed by atoms with Gasteiger partial charge in [-0.2, -0.15) is 0 Å². The van der Waals surface area contributed by atoms with Gasteiger partial charge in [-0.25, -0.2) is 24.4 Å². The van der Waals surface area contributed by atoms with E-state index in [1.54, 1.807) is 49.4 Å². The first-order chi connectivity index (χ1) is 18.4. The van der Waals surface area contributed by atoms with Crippen LogP contribution in [0.1, 0.15) is 17.4 Å². The van der Waals surface area contributed by atoms with E-state index in [9.17, 15) is 19.5 Å². The lowest BCUT2D eigenvalue weighted by Gasteiger charge is -2.29. The number of H-pyrrole nitrogens is 1. The Kier molecular flexibility index (Phi) is 6.91. The highest BCUT2D eigenvalue weighted by Crippen LogP contribution is 2.33. The second kappa shape index (κ2) is 10.6. The Labute approximate surface area is 215 Å². The van der Waals surface area contributed by atoms with Crippen LogP contribution < -0.4 is 26.0 Å². The van der Waals surface area contributed by atoms with Gasteiger partial charge < -0.3 is 34.5 Å². The molecule has 0 radical (unpaired) electrons. The van der Waals surface area contributed by atoms with E-state index >= 15 is 0 Å². The summed E-state index contributed by atoms with van der Waals surface area (Å²) in [5.41, 5.74) is 2.13. The highest BCUT2D eigenvalue weighted by molar-refractivity contribution is 6.00. The number of aromatic nitrogens is 3. The first kappa shape index (κ1) is 24.8. The number of ether oxygens (including phenoxy) is 2. The topological polar surface area (TPSA) is 172 Å². The number of amides is 2. The van der Waals surface area contributed by atoms with E-state index < -0.39 is 17.8 Å². The lowest BCUT2D eigenvalue weighted by Crippen LogP contribution is -2.37. The van der Waals surface area contributed by atoms with E-state index in [4.69, 9.17) is 13.9 Å². The fourth-order valence-corrected chi connectivity index (χ4v) is 4.01. The number of nitrogens with one attached hydrogen (secondary N) is 3. The number of oxazole rings is 1. The van der Waals surface area contributed by atoms with E-state index in [2.05, 4.69) is 25.6 Å². The van der Waals surface area contributed by atoms with E-state index in [-0.39, 0.29) is 23.9 Å². The summed E-state index contributed by atoms with van der Waals surface area (Å²) in [6.07, 6.45) is 0. The second-order valence-corrected chi connectivity index (χ2v) is 8.27. The lowest BCUT2D eigenvalue weighted by molar-refractivity contribution is 0.0685. The summed E-state index contributed by atoms with van der Waals surface area (Å²) in [5, 5.41) is 15.2.